The average molecular weight is 366 g/mol. The van der Waals surface area contributed by atoms with E-state index in [1.807, 2.05) is 6.92 Å². The second kappa shape index (κ2) is 7.71. The van der Waals surface area contributed by atoms with Crippen molar-refractivity contribution in [2.45, 2.75) is 37.6 Å². The van der Waals surface area contributed by atoms with Gasteiger partial charge in [0.2, 0.25) is 10.0 Å². The molecule has 25 heavy (non-hydrogen) atoms. The topological polar surface area (TPSA) is 92.3 Å². The predicted molar refractivity (Wildman–Crippen MR) is 90.8 cm³/mol. The van der Waals surface area contributed by atoms with Crippen LogP contribution in [0.15, 0.2) is 47.0 Å². The van der Waals surface area contributed by atoms with Gasteiger partial charge in [-0.05, 0) is 37.6 Å². The Morgan fingerprint density at radius 1 is 1.36 bits per heavy atom. The third kappa shape index (κ3) is 4.61. The quantitative estimate of drug-likeness (QED) is 0.806. The summed E-state index contributed by atoms with van der Waals surface area (Å²) in [6.45, 7) is 3.52. The van der Waals surface area contributed by atoms with Crippen LogP contribution in [-0.2, 0) is 14.8 Å². The summed E-state index contributed by atoms with van der Waals surface area (Å²) in [5, 5.41) is 2.32. The maximum atomic E-state index is 14.0. The van der Waals surface area contributed by atoms with E-state index < -0.39 is 27.3 Å². The van der Waals surface area contributed by atoms with Gasteiger partial charge in [0, 0.05) is 12.5 Å². The van der Waals surface area contributed by atoms with Crippen LogP contribution in [0.5, 0.6) is 0 Å². The Bertz CT molecular complexity index is 859. The van der Waals surface area contributed by atoms with E-state index in [2.05, 4.69) is 10.0 Å². The summed E-state index contributed by atoms with van der Waals surface area (Å²) < 4.78 is 41.0. The van der Waals surface area contributed by atoms with Gasteiger partial charge in [0.25, 0.3) is 5.91 Å². The number of benzene rings is 1. The molecule has 0 bridgehead atoms. The van der Waals surface area contributed by atoms with Gasteiger partial charge in [-0.2, -0.15) is 0 Å². The molecule has 0 aromatic heterocycles. The minimum absolute atomic E-state index is 0.0397. The van der Waals surface area contributed by atoms with Crippen LogP contribution in [0.2, 0.25) is 0 Å². The maximum absolute atomic E-state index is 14.0. The van der Waals surface area contributed by atoms with E-state index >= 15 is 0 Å². The number of sulfonamides is 1. The summed E-state index contributed by atoms with van der Waals surface area (Å²) in [6.07, 6.45) is 5.36. The number of allylic oxidation sites excluding steroid dienone is 4. The molecule has 1 aliphatic carbocycles. The van der Waals surface area contributed by atoms with Gasteiger partial charge in [0.15, 0.2) is 5.78 Å². The molecule has 2 N–H and O–H groups in total. The molecule has 0 heterocycles. The standard InChI is InChI=1S/C17H19FN2O4S/c1-3-11(2)20-25(23,24)12-8-9-14(18)13(10-12)17(22)19-15-6-4-5-7-16(15)21/h4-6,8-11,20H,3,7H2,1-2H3,(H,19,22)/t11-/m1/s1. The first-order chi connectivity index (χ1) is 11.7. The molecule has 8 heteroatoms. The fourth-order valence-electron chi connectivity index (χ4n) is 2.11. The summed E-state index contributed by atoms with van der Waals surface area (Å²) in [4.78, 5) is 23.7. The molecular formula is C17H19FN2O4S. The summed E-state index contributed by atoms with van der Waals surface area (Å²) in [6, 6.07) is 2.66. The zero-order valence-electron chi connectivity index (χ0n) is 13.9. The second-order valence-electron chi connectivity index (χ2n) is 5.66. The van der Waals surface area contributed by atoms with Gasteiger partial charge in [-0.25, -0.2) is 17.5 Å². The van der Waals surface area contributed by atoms with Crippen molar-refractivity contribution in [2.75, 3.05) is 0 Å². The highest BCUT2D eigenvalue weighted by atomic mass is 32.2. The van der Waals surface area contributed by atoms with Crippen LogP contribution in [0.4, 0.5) is 4.39 Å². The number of carbonyl (C=O) groups is 2. The van der Waals surface area contributed by atoms with Crippen LogP contribution in [-0.4, -0.2) is 26.2 Å². The largest absolute Gasteiger partial charge is 0.319 e. The molecule has 1 aromatic rings. The van der Waals surface area contributed by atoms with Gasteiger partial charge in [0.05, 0.1) is 16.2 Å². The molecule has 0 aliphatic heterocycles. The van der Waals surface area contributed by atoms with Gasteiger partial charge >= 0.3 is 0 Å². The number of nitrogens with one attached hydrogen (secondary N) is 2. The van der Waals surface area contributed by atoms with Crippen molar-refractivity contribution in [3.63, 3.8) is 0 Å². The molecule has 0 spiro atoms. The van der Waals surface area contributed by atoms with Crippen molar-refractivity contribution in [1.82, 2.24) is 10.0 Å². The fraction of sp³-hybridized carbons (Fsp3) is 0.294. The van der Waals surface area contributed by atoms with Gasteiger partial charge < -0.3 is 5.32 Å². The highest BCUT2D eigenvalue weighted by molar-refractivity contribution is 7.89. The van der Waals surface area contributed by atoms with E-state index in [4.69, 9.17) is 0 Å². The number of hydrogen-bond donors (Lipinski definition) is 2. The lowest BCUT2D eigenvalue weighted by molar-refractivity contribution is -0.115. The Labute approximate surface area is 145 Å². The van der Waals surface area contributed by atoms with Crippen LogP contribution in [0.3, 0.4) is 0 Å². The highest BCUT2D eigenvalue weighted by Crippen LogP contribution is 2.17. The van der Waals surface area contributed by atoms with E-state index in [1.54, 1.807) is 19.1 Å². The number of rotatable bonds is 6. The molecule has 2 rings (SSSR count). The van der Waals surface area contributed by atoms with Crippen LogP contribution in [0, 0.1) is 5.82 Å². The van der Waals surface area contributed by atoms with E-state index in [1.165, 1.54) is 6.08 Å². The second-order valence-corrected chi connectivity index (χ2v) is 7.38. The maximum Gasteiger partial charge on any atom is 0.258 e. The number of Topliss-reactive ketones (excluding diaryl/α,β-unsaturated/α-hetero) is 1. The molecule has 134 valence electrons. The average Bonchev–Trinajstić information content (AvgIpc) is 2.56. The lowest BCUT2D eigenvalue weighted by Crippen LogP contribution is -2.32. The number of amides is 1. The number of carbonyl (C=O) groups excluding carboxylic acids is 2. The van der Waals surface area contributed by atoms with Crippen LogP contribution in [0.1, 0.15) is 37.0 Å². The summed E-state index contributed by atoms with van der Waals surface area (Å²) in [5.41, 5.74) is -0.409. The van der Waals surface area contributed by atoms with Gasteiger partial charge in [-0.15, -0.1) is 0 Å². The predicted octanol–water partition coefficient (Wildman–Crippen LogP) is 2.05. The third-order valence-corrected chi connectivity index (χ3v) is 5.30. The first-order valence-electron chi connectivity index (χ1n) is 7.78. The highest BCUT2D eigenvalue weighted by Gasteiger charge is 2.22. The van der Waals surface area contributed by atoms with Gasteiger partial charge in [-0.1, -0.05) is 19.1 Å². The Morgan fingerprint density at radius 3 is 2.72 bits per heavy atom. The zero-order chi connectivity index (χ0) is 18.6. The number of hydrogen-bond acceptors (Lipinski definition) is 4. The molecule has 0 unspecified atom stereocenters. The molecule has 0 saturated heterocycles. The monoisotopic (exact) mass is 366 g/mol. The Balaban J connectivity index is 2.30. The van der Waals surface area contributed by atoms with Crippen LogP contribution in [0.25, 0.3) is 0 Å². The summed E-state index contributed by atoms with van der Waals surface area (Å²) in [5.74, 6) is -2.06. The first kappa shape index (κ1) is 19.0. The van der Waals surface area contributed by atoms with Crippen molar-refractivity contribution < 1.29 is 22.4 Å². The van der Waals surface area contributed by atoms with E-state index in [9.17, 15) is 22.4 Å². The molecule has 1 amide bonds. The molecule has 1 aromatic carbocycles. The Morgan fingerprint density at radius 2 is 2.08 bits per heavy atom. The van der Waals surface area contributed by atoms with E-state index in [-0.39, 0.29) is 28.8 Å². The van der Waals surface area contributed by atoms with Gasteiger partial charge in [0.1, 0.15) is 5.82 Å². The molecule has 0 radical (unpaired) electrons. The minimum atomic E-state index is -3.88. The molecule has 6 nitrogen and oxygen atoms in total. The van der Waals surface area contributed by atoms with Crippen molar-refractivity contribution in [2.24, 2.45) is 0 Å². The molecule has 1 atom stereocenters. The zero-order valence-corrected chi connectivity index (χ0v) is 14.7. The number of ketones is 1. The fourth-order valence-corrected chi connectivity index (χ4v) is 3.46. The SMILES string of the molecule is CC[C@@H](C)NS(=O)(=O)c1ccc(F)c(C(=O)NC2=CC=CCC2=O)c1. The normalized spacial score (nSPS) is 15.6. The molecule has 1 aliphatic rings. The Kier molecular flexibility index (Phi) is 5.86. The van der Waals surface area contributed by atoms with Crippen molar-refractivity contribution in [3.05, 3.63) is 53.5 Å². The van der Waals surface area contributed by atoms with Crippen molar-refractivity contribution >= 4 is 21.7 Å². The first-order valence-corrected chi connectivity index (χ1v) is 9.26. The van der Waals surface area contributed by atoms with E-state index in [0.29, 0.717) is 6.42 Å². The molecule has 0 saturated carbocycles. The van der Waals surface area contributed by atoms with Crippen molar-refractivity contribution in [1.29, 1.82) is 0 Å². The van der Waals surface area contributed by atoms with Crippen LogP contribution >= 0.6 is 0 Å². The lowest BCUT2D eigenvalue weighted by atomic mass is 10.1. The summed E-state index contributed by atoms with van der Waals surface area (Å²) >= 11 is 0. The third-order valence-electron chi connectivity index (χ3n) is 3.71. The van der Waals surface area contributed by atoms with Crippen LogP contribution < -0.4 is 10.0 Å². The number of halogens is 1. The molecular weight excluding hydrogens is 347 g/mol. The minimum Gasteiger partial charge on any atom is -0.319 e. The van der Waals surface area contributed by atoms with Crippen molar-refractivity contribution in [3.8, 4) is 0 Å². The Hall–Kier alpha value is -2.32. The van der Waals surface area contributed by atoms with E-state index in [0.717, 1.165) is 18.2 Å². The van der Waals surface area contributed by atoms with Gasteiger partial charge in [-0.3, -0.25) is 9.59 Å². The molecule has 0 fully saturated rings. The lowest BCUT2D eigenvalue weighted by Gasteiger charge is -2.14. The smallest absolute Gasteiger partial charge is 0.258 e. The summed E-state index contributed by atoms with van der Waals surface area (Å²) in [7, 11) is -3.88.